The van der Waals surface area contributed by atoms with Gasteiger partial charge in [-0.05, 0) is 12.8 Å². The van der Waals surface area contributed by atoms with E-state index < -0.39 is 0 Å². The van der Waals surface area contributed by atoms with Crippen LogP contribution in [0.2, 0.25) is 0 Å². The van der Waals surface area contributed by atoms with Crippen LogP contribution in [0.15, 0.2) is 0 Å². The fourth-order valence-corrected chi connectivity index (χ4v) is 1.24. The van der Waals surface area contributed by atoms with Gasteiger partial charge in [0, 0.05) is 5.54 Å². The van der Waals surface area contributed by atoms with Crippen molar-refractivity contribution in [2.45, 2.75) is 31.2 Å². The molecule has 0 aromatic carbocycles. The molecule has 0 saturated heterocycles. The molecule has 56 valence electrons. The van der Waals surface area contributed by atoms with E-state index in [2.05, 4.69) is 0 Å². The van der Waals surface area contributed by atoms with Gasteiger partial charge in [-0.3, -0.25) is 0 Å². The molecule has 0 aromatic heterocycles. The second-order valence-electron chi connectivity index (χ2n) is 2.73. The van der Waals surface area contributed by atoms with Crippen molar-refractivity contribution in [2.75, 3.05) is 6.61 Å². The van der Waals surface area contributed by atoms with E-state index in [-0.39, 0.29) is 24.6 Å². The van der Waals surface area contributed by atoms with Crippen molar-refractivity contribution in [2.24, 2.45) is 5.73 Å². The number of aliphatic hydroxyl groups is 1. The number of hydrogen-bond acceptors (Lipinski definition) is 2. The van der Waals surface area contributed by atoms with E-state index in [9.17, 15) is 0 Å². The molecule has 0 bridgehead atoms. The van der Waals surface area contributed by atoms with Gasteiger partial charge in [0.05, 0.1) is 6.61 Å². The molecule has 1 aliphatic rings. The molecule has 0 atom stereocenters. The third kappa shape index (κ3) is 2.12. The van der Waals surface area contributed by atoms with E-state index >= 15 is 0 Å². The van der Waals surface area contributed by atoms with Crippen LogP contribution in [0.1, 0.15) is 25.7 Å². The summed E-state index contributed by atoms with van der Waals surface area (Å²) in [6.07, 6.45) is 4.39. The molecule has 9 heavy (non-hydrogen) atoms. The van der Waals surface area contributed by atoms with Crippen molar-refractivity contribution in [1.29, 1.82) is 0 Å². The van der Waals surface area contributed by atoms with E-state index in [1.165, 1.54) is 12.8 Å². The van der Waals surface area contributed by atoms with Crippen LogP contribution in [-0.2, 0) is 0 Å². The monoisotopic (exact) mass is 151 g/mol. The van der Waals surface area contributed by atoms with Gasteiger partial charge in [-0.15, -0.1) is 12.4 Å². The molecule has 0 heterocycles. The van der Waals surface area contributed by atoms with Gasteiger partial charge in [-0.1, -0.05) is 12.8 Å². The average molecular weight is 152 g/mol. The normalized spacial score (nSPS) is 23.3. The smallest absolute Gasteiger partial charge is 0.0611 e. The number of halogens is 1. The molecule has 1 rings (SSSR count). The highest BCUT2D eigenvalue weighted by Crippen LogP contribution is 2.25. The summed E-state index contributed by atoms with van der Waals surface area (Å²) in [7, 11) is 0. The SMILES string of the molecule is Cl.NC1(CO)CCCC1. The third-order valence-electron chi connectivity index (χ3n) is 1.91. The van der Waals surface area contributed by atoms with Gasteiger partial charge in [0.15, 0.2) is 0 Å². The lowest BCUT2D eigenvalue weighted by atomic mass is 10.0. The number of rotatable bonds is 1. The van der Waals surface area contributed by atoms with Crippen molar-refractivity contribution in [1.82, 2.24) is 0 Å². The number of aliphatic hydroxyl groups excluding tert-OH is 1. The average Bonchev–Trinajstić information content (AvgIpc) is 2.17. The lowest BCUT2D eigenvalue weighted by molar-refractivity contribution is 0.199. The Balaban J connectivity index is 0.000000640. The molecule has 0 amide bonds. The first kappa shape index (κ1) is 9.21. The summed E-state index contributed by atoms with van der Waals surface area (Å²) in [5, 5.41) is 8.70. The van der Waals surface area contributed by atoms with Crippen molar-refractivity contribution >= 4 is 12.4 Å². The molecule has 3 N–H and O–H groups in total. The molecular weight excluding hydrogens is 138 g/mol. The predicted octanol–water partition coefficient (Wildman–Crippen LogP) is 0.672. The third-order valence-corrected chi connectivity index (χ3v) is 1.91. The van der Waals surface area contributed by atoms with Crippen molar-refractivity contribution < 1.29 is 5.11 Å². The topological polar surface area (TPSA) is 46.2 Å². The summed E-state index contributed by atoms with van der Waals surface area (Å²) >= 11 is 0. The Morgan fingerprint density at radius 2 is 1.78 bits per heavy atom. The minimum absolute atomic E-state index is 0. The first-order chi connectivity index (χ1) is 3.77. The summed E-state index contributed by atoms with van der Waals surface area (Å²) in [6.45, 7) is 0.160. The summed E-state index contributed by atoms with van der Waals surface area (Å²) in [5.74, 6) is 0. The summed E-state index contributed by atoms with van der Waals surface area (Å²) in [5.41, 5.74) is 5.50. The van der Waals surface area contributed by atoms with E-state index in [4.69, 9.17) is 10.8 Å². The number of hydrogen-bond donors (Lipinski definition) is 2. The van der Waals surface area contributed by atoms with E-state index in [1.54, 1.807) is 0 Å². The lowest BCUT2D eigenvalue weighted by Gasteiger charge is -2.18. The minimum atomic E-state index is -0.208. The van der Waals surface area contributed by atoms with E-state index in [0.717, 1.165) is 12.8 Å². The molecule has 0 unspecified atom stereocenters. The molecule has 1 saturated carbocycles. The van der Waals surface area contributed by atoms with Gasteiger partial charge in [0.25, 0.3) is 0 Å². The molecule has 0 radical (unpaired) electrons. The van der Waals surface area contributed by atoms with Crippen LogP contribution >= 0.6 is 12.4 Å². The van der Waals surface area contributed by atoms with Crippen LogP contribution in [0.5, 0.6) is 0 Å². The predicted molar refractivity (Wildman–Crippen MR) is 39.7 cm³/mol. The fraction of sp³-hybridized carbons (Fsp3) is 1.00. The van der Waals surface area contributed by atoms with E-state index in [1.807, 2.05) is 0 Å². The highest BCUT2D eigenvalue weighted by atomic mass is 35.5. The Kier molecular flexibility index (Phi) is 3.48. The van der Waals surface area contributed by atoms with Crippen molar-refractivity contribution in [3.8, 4) is 0 Å². The zero-order valence-electron chi connectivity index (χ0n) is 5.47. The van der Waals surface area contributed by atoms with Crippen LogP contribution in [0.4, 0.5) is 0 Å². The maximum absolute atomic E-state index is 8.70. The molecule has 3 heteroatoms. The molecule has 1 aliphatic carbocycles. The first-order valence-corrected chi connectivity index (χ1v) is 3.17. The highest BCUT2D eigenvalue weighted by Gasteiger charge is 2.27. The lowest BCUT2D eigenvalue weighted by Crippen LogP contribution is -2.40. The fourth-order valence-electron chi connectivity index (χ4n) is 1.24. The molecule has 0 aromatic rings. The zero-order chi connectivity index (χ0) is 6.04. The Morgan fingerprint density at radius 3 is 2.00 bits per heavy atom. The molecule has 2 nitrogen and oxygen atoms in total. The highest BCUT2D eigenvalue weighted by molar-refractivity contribution is 5.85. The van der Waals surface area contributed by atoms with Gasteiger partial charge in [-0.2, -0.15) is 0 Å². The van der Waals surface area contributed by atoms with Crippen LogP contribution in [0.3, 0.4) is 0 Å². The van der Waals surface area contributed by atoms with Crippen LogP contribution in [0, 0.1) is 0 Å². The zero-order valence-corrected chi connectivity index (χ0v) is 6.28. The molecule has 0 spiro atoms. The van der Waals surface area contributed by atoms with Gasteiger partial charge >= 0.3 is 0 Å². The minimum Gasteiger partial charge on any atom is -0.394 e. The number of nitrogens with two attached hydrogens (primary N) is 1. The largest absolute Gasteiger partial charge is 0.394 e. The van der Waals surface area contributed by atoms with Gasteiger partial charge in [0.1, 0.15) is 0 Å². The Hall–Kier alpha value is 0.210. The Morgan fingerprint density at radius 1 is 1.33 bits per heavy atom. The van der Waals surface area contributed by atoms with Gasteiger partial charge in [0.2, 0.25) is 0 Å². The van der Waals surface area contributed by atoms with Crippen molar-refractivity contribution in [3.63, 3.8) is 0 Å². The summed E-state index contributed by atoms with van der Waals surface area (Å²) in [4.78, 5) is 0. The Bertz CT molecular complexity index is 81.1. The second-order valence-corrected chi connectivity index (χ2v) is 2.73. The van der Waals surface area contributed by atoms with Crippen LogP contribution in [-0.4, -0.2) is 17.3 Å². The van der Waals surface area contributed by atoms with Crippen LogP contribution < -0.4 is 5.73 Å². The molecular formula is C6H14ClNO. The maximum Gasteiger partial charge on any atom is 0.0611 e. The van der Waals surface area contributed by atoms with Gasteiger partial charge in [-0.25, -0.2) is 0 Å². The quantitative estimate of drug-likeness (QED) is 0.579. The first-order valence-electron chi connectivity index (χ1n) is 3.17. The standard InChI is InChI=1S/C6H13NO.ClH/c7-6(5-8)3-1-2-4-6;/h8H,1-5,7H2;1H. The van der Waals surface area contributed by atoms with Gasteiger partial charge < -0.3 is 10.8 Å². The molecule has 1 fully saturated rings. The Labute approximate surface area is 61.8 Å². The van der Waals surface area contributed by atoms with E-state index in [0.29, 0.717) is 0 Å². The maximum atomic E-state index is 8.70. The molecule has 0 aliphatic heterocycles. The summed E-state index contributed by atoms with van der Waals surface area (Å²) < 4.78 is 0. The second kappa shape index (κ2) is 3.40. The van der Waals surface area contributed by atoms with Crippen molar-refractivity contribution in [3.05, 3.63) is 0 Å². The summed E-state index contributed by atoms with van der Waals surface area (Å²) in [6, 6.07) is 0. The van der Waals surface area contributed by atoms with Crippen LogP contribution in [0.25, 0.3) is 0 Å².